The van der Waals surface area contributed by atoms with Crippen molar-refractivity contribution in [2.45, 2.75) is 0 Å². The Kier molecular flexibility index (Phi) is 7.78. The molecule has 12 rings (SSSR count). The molecule has 0 N–H and O–H groups in total. The Bertz CT molecular complexity index is 3620. The Balaban J connectivity index is 0.970. The zero-order valence-electron chi connectivity index (χ0n) is 32.3. The third-order valence-corrected chi connectivity index (χ3v) is 11.6. The minimum Gasteiger partial charge on any atom is -0.456 e. The summed E-state index contributed by atoms with van der Waals surface area (Å²) < 4.78 is 8.54. The summed E-state index contributed by atoms with van der Waals surface area (Å²) in [6.45, 7) is 0. The van der Waals surface area contributed by atoms with E-state index in [2.05, 4.69) is 150 Å². The molecular formula is C55H34N4O. The monoisotopic (exact) mass is 766 g/mol. The first-order valence-electron chi connectivity index (χ1n) is 20.2. The number of para-hydroxylation sites is 2. The fourth-order valence-electron chi connectivity index (χ4n) is 8.68. The van der Waals surface area contributed by atoms with Gasteiger partial charge in [0, 0.05) is 43.9 Å². The molecule has 0 radical (unpaired) electrons. The molecule has 0 aliphatic heterocycles. The molecule has 12 aromatic rings. The Labute approximate surface area is 345 Å². The van der Waals surface area contributed by atoms with Gasteiger partial charge < -0.3 is 8.98 Å². The van der Waals surface area contributed by atoms with Crippen LogP contribution in [0.1, 0.15) is 0 Å². The van der Waals surface area contributed by atoms with Gasteiger partial charge in [-0.25, -0.2) is 15.0 Å². The Morgan fingerprint density at radius 2 is 0.867 bits per heavy atom. The Hall–Kier alpha value is -8.15. The van der Waals surface area contributed by atoms with Crippen LogP contribution < -0.4 is 0 Å². The molecular weight excluding hydrogens is 733 g/mol. The van der Waals surface area contributed by atoms with E-state index in [-0.39, 0.29) is 0 Å². The summed E-state index contributed by atoms with van der Waals surface area (Å²) in [5.74, 6) is 1.83. The molecule has 0 spiro atoms. The van der Waals surface area contributed by atoms with E-state index in [1.807, 2.05) is 60.7 Å². The SMILES string of the molecule is c1ccc(-c2nc(-c3cccc(-c4cccc(-n5c6ccccc6c6ccc(-c7ccc8ccccc8c7)cc65)c4)c3)nc(-c3ccc4oc5ccccc5c4c3)n2)cc1. The molecule has 0 aliphatic rings. The van der Waals surface area contributed by atoms with E-state index in [0.29, 0.717) is 17.5 Å². The first-order valence-corrected chi connectivity index (χ1v) is 20.2. The van der Waals surface area contributed by atoms with Crippen LogP contribution in [-0.2, 0) is 0 Å². The fourth-order valence-corrected chi connectivity index (χ4v) is 8.68. The highest BCUT2D eigenvalue weighted by molar-refractivity contribution is 6.10. The van der Waals surface area contributed by atoms with Crippen molar-refractivity contribution in [3.8, 4) is 62.1 Å². The lowest BCUT2D eigenvalue weighted by Crippen LogP contribution is -2.00. The minimum atomic E-state index is 0.604. The molecule has 5 heteroatoms. The van der Waals surface area contributed by atoms with Gasteiger partial charge in [-0.05, 0) is 93.7 Å². The lowest BCUT2D eigenvalue weighted by molar-refractivity contribution is 0.669. The van der Waals surface area contributed by atoms with Crippen LogP contribution in [0.4, 0.5) is 0 Å². The van der Waals surface area contributed by atoms with Gasteiger partial charge in [0.25, 0.3) is 0 Å². The summed E-state index contributed by atoms with van der Waals surface area (Å²) in [6, 6.07) is 72.5. The van der Waals surface area contributed by atoms with Crippen molar-refractivity contribution >= 4 is 54.5 Å². The van der Waals surface area contributed by atoms with E-state index < -0.39 is 0 Å². The number of aromatic nitrogens is 4. The van der Waals surface area contributed by atoms with Crippen molar-refractivity contribution in [2.75, 3.05) is 0 Å². The molecule has 3 aromatic heterocycles. The maximum absolute atomic E-state index is 6.14. The van der Waals surface area contributed by atoms with Gasteiger partial charge in [-0.2, -0.15) is 0 Å². The van der Waals surface area contributed by atoms with Crippen LogP contribution >= 0.6 is 0 Å². The number of hydrogen-bond donors (Lipinski definition) is 0. The highest BCUT2D eigenvalue weighted by Gasteiger charge is 2.17. The van der Waals surface area contributed by atoms with E-state index in [9.17, 15) is 0 Å². The van der Waals surface area contributed by atoms with Gasteiger partial charge >= 0.3 is 0 Å². The average molecular weight is 767 g/mol. The van der Waals surface area contributed by atoms with Gasteiger partial charge in [0.1, 0.15) is 11.2 Å². The molecule has 0 bridgehead atoms. The maximum atomic E-state index is 6.14. The second-order valence-electron chi connectivity index (χ2n) is 15.3. The van der Waals surface area contributed by atoms with E-state index >= 15 is 0 Å². The average Bonchev–Trinajstić information content (AvgIpc) is 3.87. The molecule has 0 fully saturated rings. The quantitative estimate of drug-likeness (QED) is 0.169. The van der Waals surface area contributed by atoms with Crippen LogP contribution in [0.3, 0.4) is 0 Å². The van der Waals surface area contributed by atoms with Crippen molar-refractivity contribution in [3.05, 3.63) is 206 Å². The molecule has 60 heavy (non-hydrogen) atoms. The van der Waals surface area contributed by atoms with Crippen LogP contribution in [0.25, 0.3) is 117 Å². The van der Waals surface area contributed by atoms with E-state index in [1.165, 1.54) is 43.7 Å². The molecule has 0 aliphatic carbocycles. The van der Waals surface area contributed by atoms with Crippen LogP contribution in [0.2, 0.25) is 0 Å². The third kappa shape index (κ3) is 5.75. The second kappa shape index (κ2) is 13.8. The lowest BCUT2D eigenvalue weighted by atomic mass is 10.00. The summed E-state index contributed by atoms with van der Waals surface area (Å²) in [7, 11) is 0. The van der Waals surface area contributed by atoms with Crippen molar-refractivity contribution in [3.63, 3.8) is 0 Å². The van der Waals surface area contributed by atoms with Gasteiger partial charge in [0.05, 0.1) is 11.0 Å². The van der Waals surface area contributed by atoms with E-state index in [0.717, 1.165) is 55.4 Å². The molecule has 3 heterocycles. The maximum Gasteiger partial charge on any atom is 0.164 e. The zero-order valence-corrected chi connectivity index (χ0v) is 32.3. The minimum absolute atomic E-state index is 0.604. The highest BCUT2D eigenvalue weighted by atomic mass is 16.3. The number of benzene rings is 9. The first kappa shape index (κ1) is 33.9. The van der Waals surface area contributed by atoms with Crippen molar-refractivity contribution in [1.82, 2.24) is 19.5 Å². The van der Waals surface area contributed by atoms with Gasteiger partial charge in [0.2, 0.25) is 0 Å². The predicted octanol–water partition coefficient (Wildman–Crippen LogP) is 14.4. The fraction of sp³-hybridized carbons (Fsp3) is 0. The smallest absolute Gasteiger partial charge is 0.164 e. The molecule has 5 nitrogen and oxygen atoms in total. The molecule has 0 amide bonds. The number of hydrogen-bond acceptors (Lipinski definition) is 4. The van der Waals surface area contributed by atoms with Crippen molar-refractivity contribution in [1.29, 1.82) is 0 Å². The molecule has 0 saturated heterocycles. The summed E-state index contributed by atoms with van der Waals surface area (Å²) in [5, 5.41) is 7.02. The van der Waals surface area contributed by atoms with Gasteiger partial charge in [-0.15, -0.1) is 0 Å². The van der Waals surface area contributed by atoms with Crippen molar-refractivity contribution in [2.24, 2.45) is 0 Å². The third-order valence-electron chi connectivity index (χ3n) is 11.6. The summed E-state index contributed by atoms with van der Waals surface area (Å²) >= 11 is 0. The van der Waals surface area contributed by atoms with Gasteiger partial charge in [-0.1, -0.05) is 146 Å². The van der Waals surface area contributed by atoms with Crippen LogP contribution in [-0.4, -0.2) is 19.5 Å². The largest absolute Gasteiger partial charge is 0.456 e. The van der Waals surface area contributed by atoms with Crippen LogP contribution in [0, 0.1) is 0 Å². The molecule has 9 aromatic carbocycles. The lowest BCUT2D eigenvalue weighted by Gasteiger charge is -2.12. The van der Waals surface area contributed by atoms with Crippen molar-refractivity contribution < 1.29 is 4.42 Å². The standard InChI is InChI=1S/C55H34N4O/c1-2-13-36(14-3-1)53-56-54(58-55(57-53)43-27-29-52-48(33-43)47-21-7-9-23-51(47)60-52)42-18-10-16-38(31-42)39-17-11-19-44(32-39)59-49-22-8-6-20-45(49)46-28-26-41(34-50(46)59)40-25-24-35-12-4-5-15-37(35)30-40/h1-34H. The normalized spacial score (nSPS) is 11.7. The van der Waals surface area contributed by atoms with Crippen LogP contribution in [0.15, 0.2) is 211 Å². The topological polar surface area (TPSA) is 56.7 Å². The number of nitrogens with zero attached hydrogens (tertiary/aromatic N) is 4. The summed E-state index contributed by atoms with van der Waals surface area (Å²) in [6.07, 6.45) is 0. The Morgan fingerprint density at radius 3 is 1.73 bits per heavy atom. The summed E-state index contributed by atoms with van der Waals surface area (Å²) in [4.78, 5) is 15.2. The number of fused-ring (bicyclic) bond motifs is 7. The second-order valence-corrected chi connectivity index (χ2v) is 15.3. The highest BCUT2D eigenvalue weighted by Crippen LogP contribution is 2.38. The summed E-state index contributed by atoms with van der Waals surface area (Å²) in [5.41, 5.74) is 12.4. The molecule has 0 unspecified atom stereocenters. The zero-order chi connectivity index (χ0) is 39.6. The predicted molar refractivity (Wildman–Crippen MR) is 246 cm³/mol. The first-order chi connectivity index (χ1) is 29.7. The van der Waals surface area contributed by atoms with Gasteiger partial charge in [0.15, 0.2) is 17.5 Å². The van der Waals surface area contributed by atoms with Crippen LogP contribution in [0.5, 0.6) is 0 Å². The molecule has 280 valence electrons. The van der Waals surface area contributed by atoms with E-state index in [1.54, 1.807) is 0 Å². The van der Waals surface area contributed by atoms with E-state index in [4.69, 9.17) is 19.4 Å². The molecule has 0 atom stereocenters. The Morgan fingerprint density at radius 1 is 0.300 bits per heavy atom. The number of furan rings is 1. The number of rotatable bonds is 6. The van der Waals surface area contributed by atoms with Gasteiger partial charge in [-0.3, -0.25) is 0 Å². The molecule has 0 saturated carbocycles.